The second-order valence-corrected chi connectivity index (χ2v) is 4.44. The van der Waals surface area contributed by atoms with Gasteiger partial charge in [-0.3, -0.25) is 4.90 Å². The normalized spacial score (nSPS) is 33.8. The molecule has 0 aromatic rings. The van der Waals surface area contributed by atoms with Gasteiger partial charge >= 0.3 is 6.18 Å². The van der Waals surface area contributed by atoms with Crippen LogP contribution in [0.2, 0.25) is 0 Å². The van der Waals surface area contributed by atoms with Crippen LogP contribution in [0.25, 0.3) is 0 Å². The van der Waals surface area contributed by atoms with Gasteiger partial charge in [0.1, 0.15) is 6.04 Å². The molecule has 6 heteroatoms. The van der Waals surface area contributed by atoms with Gasteiger partial charge in [0.25, 0.3) is 0 Å². The summed E-state index contributed by atoms with van der Waals surface area (Å²) in [5, 5.41) is 0. The third kappa shape index (κ3) is 2.19. The number of nitrogens with zero attached hydrogens (tertiary/aromatic N) is 1. The van der Waals surface area contributed by atoms with Crippen molar-refractivity contribution in [1.29, 1.82) is 0 Å². The van der Waals surface area contributed by atoms with Crippen molar-refractivity contribution in [3.63, 3.8) is 0 Å². The molecule has 1 saturated carbocycles. The fraction of sp³-hybridized carbons (Fsp3) is 1.00. The van der Waals surface area contributed by atoms with Gasteiger partial charge < -0.3 is 10.5 Å². The monoisotopic (exact) mass is 238 g/mol. The molecular formula is C10H17F3N2O. The first kappa shape index (κ1) is 12.1. The van der Waals surface area contributed by atoms with Gasteiger partial charge in [0.15, 0.2) is 0 Å². The smallest absolute Gasteiger partial charge is 0.375 e. The van der Waals surface area contributed by atoms with E-state index in [0.29, 0.717) is 13.2 Å². The third-order valence-electron chi connectivity index (χ3n) is 3.53. The van der Waals surface area contributed by atoms with Crippen LogP contribution in [0.1, 0.15) is 19.3 Å². The number of ether oxygens (including phenoxy) is 1. The minimum Gasteiger partial charge on any atom is -0.375 e. The number of fused-ring (bicyclic) bond motifs is 1. The van der Waals surface area contributed by atoms with E-state index in [1.807, 2.05) is 0 Å². The Bertz CT molecular complexity index is 247. The molecule has 1 saturated heterocycles. The van der Waals surface area contributed by atoms with E-state index in [4.69, 9.17) is 10.5 Å². The number of rotatable bonds is 2. The molecule has 3 unspecified atom stereocenters. The van der Waals surface area contributed by atoms with E-state index in [1.54, 1.807) is 0 Å². The van der Waals surface area contributed by atoms with E-state index < -0.39 is 12.2 Å². The van der Waals surface area contributed by atoms with Crippen LogP contribution in [0.4, 0.5) is 13.2 Å². The van der Waals surface area contributed by atoms with E-state index in [1.165, 1.54) is 4.90 Å². The first-order chi connectivity index (χ1) is 7.54. The van der Waals surface area contributed by atoms with E-state index in [-0.39, 0.29) is 18.7 Å². The average molecular weight is 238 g/mol. The molecule has 0 radical (unpaired) electrons. The van der Waals surface area contributed by atoms with Gasteiger partial charge in [0.2, 0.25) is 0 Å². The highest BCUT2D eigenvalue weighted by Gasteiger charge is 2.48. The summed E-state index contributed by atoms with van der Waals surface area (Å²) in [4.78, 5) is 1.50. The third-order valence-corrected chi connectivity index (χ3v) is 3.53. The molecule has 0 amide bonds. The predicted molar refractivity (Wildman–Crippen MR) is 53.0 cm³/mol. The lowest BCUT2D eigenvalue weighted by Gasteiger charge is -2.42. The second-order valence-electron chi connectivity index (χ2n) is 4.44. The molecule has 0 aromatic heterocycles. The highest BCUT2D eigenvalue weighted by molar-refractivity contribution is 4.94. The van der Waals surface area contributed by atoms with Crippen LogP contribution < -0.4 is 5.73 Å². The van der Waals surface area contributed by atoms with E-state index in [2.05, 4.69) is 0 Å². The maximum absolute atomic E-state index is 12.8. The van der Waals surface area contributed by atoms with Crippen molar-refractivity contribution in [2.75, 3.05) is 19.7 Å². The van der Waals surface area contributed by atoms with Crippen molar-refractivity contribution >= 4 is 0 Å². The lowest BCUT2D eigenvalue weighted by molar-refractivity contribution is -0.203. The molecular weight excluding hydrogens is 221 g/mol. The van der Waals surface area contributed by atoms with Crippen LogP contribution in [0.5, 0.6) is 0 Å². The minimum atomic E-state index is -4.24. The number of morpholine rings is 1. The van der Waals surface area contributed by atoms with Crippen molar-refractivity contribution < 1.29 is 17.9 Å². The molecule has 16 heavy (non-hydrogen) atoms. The van der Waals surface area contributed by atoms with Crippen molar-refractivity contribution in [3.05, 3.63) is 0 Å². The molecule has 0 aromatic carbocycles. The van der Waals surface area contributed by atoms with Crippen molar-refractivity contribution in [3.8, 4) is 0 Å². The van der Waals surface area contributed by atoms with Gasteiger partial charge in [-0.25, -0.2) is 0 Å². The summed E-state index contributed by atoms with van der Waals surface area (Å²) in [6, 6.07) is -1.61. The molecule has 2 fully saturated rings. The van der Waals surface area contributed by atoms with Gasteiger partial charge in [0.05, 0.1) is 12.7 Å². The Labute approximate surface area is 92.7 Å². The fourth-order valence-electron chi connectivity index (χ4n) is 2.80. The molecule has 3 atom stereocenters. The Kier molecular flexibility index (Phi) is 3.42. The number of nitrogens with two attached hydrogens (primary N) is 1. The maximum Gasteiger partial charge on any atom is 0.405 e. The Morgan fingerprint density at radius 3 is 2.75 bits per heavy atom. The van der Waals surface area contributed by atoms with Gasteiger partial charge in [0, 0.05) is 19.1 Å². The van der Waals surface area contributed by atoms with Gasteiger partial charge in [-0.2, -0.15) is 13.2 Å². The summed E-state index contributed by atoms with van der Waals surface area (Å²) < 4.78 is 43.9. The Morgan fingerprint density at radius 2 is 2.12 bits per heavy atom. The predicted octanol–water partition coefficient (Wildman–Crippen LogP) is 1.13. The van der Waals surface area contributed by atoms with Gasteiger partial charge in [-0.1, -0.05) is 0 Å². The average Bonchev–Trinajstić information content (AvgIpc) is 2.65. The molecule has 1 aliphatic carbocycles. The summed E-state index contributed by atoms with van der Waals surface area (Å²) in [5.41, 5.74) is 5.27. The molecule has 1 aliphatic heterocycles. The number of halogens is 3. The molecule has 0 bridgehead atoms. The van der Waals surface area contributed by atoms with Crippen molar-refractivity contribution in [2.24, 2.45) is 5.73 Å². The summed E-state index contributed by atoms with van der Waals surface area (Å²) >= 11 is 0. The van der Waals surface area contributed by atoms with Crippen LogP contribution in [0.3, 0.4) is 0 Å². The maximum atomic E-state index is 12.8. The van der Waals surface area contributed by atoms with Crippen LogP contribution in [0.15, 0.2) is 0 Å². The topological polar surface area (TPSA) is 38.5 Å². The molecule has 2 aliphatic rings. The lowest BCUT2D eigenvalue weighted by atomic mass is 10.1. The highest BCUT2D eigenvalue weighted by Crippen LogP contribution is 2.34. The minimum absolute atomic E-state index is 0.0230. The van der Waals surface area contributed by atoms with E-state index in [0.717, 1.165) is 19.3 Å². The number of hydrogen-bond acceptors (Lipinski definition) is 3. The lowest BCUT2D eigenvalue weighted by Crippen LogP contribution is -2.59. The first-order valence-corrected chi connectivity index (χ1v) is 5.68. The number of alkyl halides is 3. The fourth-order valence-corrected chi connectivity index (χ4v) is 2.80. The van der Waals surface area contributed by atoms with E-state index >= 15 is 0 Å². The Hall–Kier alpha value is -0.330. The zero-order chi connectivity index (χ0) is 11.8. The zero-order valence-corrected chi connectivity index (χ0v) is 9.04. The quantitative estimate of drug-likeness (QED) is 0.783. The molecule has 3 nitrogen and oxygen atoms in total. The van der Waals surface area contributed by atoms with Crippen molar-refractivity contribution in [2.45, 2.75) is 43.6 Å². The standard InChI is InChI=1S/C10H17F3N2O/c11-10(12,13)9(6-14)15-4-5-16-8-3-1-2-7(8)15/h7-9H,1-6,14H2. The van der Waals surface area contributed by atoms with Crippen LogP contribution in [0, 0.1) is 0 Å². The highest BCUT2D eigenvalue weighted by atomic mass is 19.4. The SMILES string of the molecule is NCC(N1CCOC2CCCC21)C(F)(F)F. The van der Waals surface area contributed by atoms with Crippen LogP contribution in [-0.4, -0.2) is 49.0 Å². The summed E-state index contributed by atoms with van der Waals surface area (Å²) in [7, 11) is 0. The summed E-state index contributed by atoms with van der Waals surface area (Å²) in [6.07, 6.45) is -1.65. The molecule has 1 heterocycles. The van der Waals surface area contributed by atoms with Crippen LogP contribution >= 0.6 is 0 Å². The first-order valence-electron chi connectivity index (χ1n) is 5.68. The van der Waals surface area contributed by atoms with E-state index in [9.17, 15) is 13.2 Å². The van der Waals surface area contributed by atoms with Gasteiger partial charge in [-0.05, 0) is 19.3 Å². The zero-order valence-electron chi connectivity index (χ0n) is 9.04. The van der Waals surface area contributed by atoms with Crippen molar-refractivity contribution in [1.82, 2.24) is 4.90 Å². The molecule has 2 rings (SSSR count). The molecule has 94 valence electrons. The second kappa shape index (κ2) is 4.50. The van der Waals surface area contributed by atoms with Gasteiger partial charge in [-0.15, -0.1) is 0 Å². The Balaban J connectivity index is 2.11. The molecule has 2 N–H and O–H groups in total. The molecule has 0 spiro atoms. The number of hydrogen-bond donors (Lipinski definition) is 1. The largest absolute Gasteiger partial charge is 0.405 e. The Morgan fingerprint density at radius 1 is 1.38 bits per heavy atom. The summed E-state index contributed by atoms with van der Waals surface area (Å²) in [5.74, 6) is 0. The van der Waals surface area contributed by atoms with Crippen LogP contribution in [-0.2, 0) is 4.74 Å². The summed E-state index contributed by atoms with van der Waals surface area (Å²) in [6.45, 7) is 0.350.